The highest BCUT2D eigenvalue weighted by molar-refractivity contribution is 7.99. The molecule has 0 fully saturated rings. The predicted octanol–water partition coefficient (Wildman–Crippen LogP) is 4.35. The van der Waals surface area contributed by atoms with Crippen LogP contribution >= 0.6 is 23.1 Å². The Hall–Kier alpha value is -2.57. The molecule has 1 unspecified atom stereocenters. The number of hydrogen-bond donors (Lipinski definition) is 1. The number of carbonyl (C=O) groups is 1. The Bertz CT molecular complexity index is 1060. The second kappa shape index (κ2) is 8.43. The molecule has 4 rings (SSSR count). The Labute approximate surface area is 177 Å². The monoisotopic (exact) mass is 427 g/mol. The van der Waals surface area contributed by atoms with Crippen LogP contribution in [0.15, 0.2) is 28.0 Å². The number of rotatable bonds is 6. The minimum atomic E-state index is -0.150. The van der Waals surface area contributed by atoms with Crippen molar-refractivity contribution in [2.75, 3.05) is 11.1 Å². The summed E-state index contributed by atoms with van der Waals surface area (Å²) in [4.78, 5) is 13.8. The van der Waals surface area contributed by atoms with Crippen LogP contribution in [0.5, 0.6) is 0 Å². The molecule has 1 aliphatic rings. The van der Waals surface area contributed by atoms with Crippen LogP contribution in [0.3, 0.4) is 0 Å². The molecule has 0 saturated carbocycles. The van der Waals surface area contributed by atoms with E-state index in [0.29, 0.717) is 39.8 Å². The third kappa shape index (κ3) is 3.95. The van der Waals surface area contributed by atoms with Crippen LogP contribution < -0.4 is 5.32 Å². The normalized spacial score (nSPS) is 15.7. The molecule has 1 N–H and O–H groups in total. The lowest BCUT2D eigenvalue weighted by Crippen LogP contribution is -2.14. The van der Waals surface area contributed by atoms with Crippen molar-refractivity contribution in [3.63, 3.8) is 0 Å². The Balaban J connectivity index is 1.45. The van der Waals surface area contributed by atoms with E-state index in [4.69, 9.17) is 4.42 Å². The molecule has 0 bridgehead atoms. The SMILES string of the molecule is CCn1c(SCC(=O)Nc2sc3c(c2C#N)CCC(C)C3)nnc1-c1ccco1. The Kier molecular flexibility index (Phi) is 5.74. The molecular weight excluding hydrogens is 406 g/mol. The number of aromatic nitrogens is 3. The smallest absolute Gasteiger partial charge is 0.235 e. The highest BCUT2D eigenvalue weighted by atomic mass is 32.2. The number of fused-ring (bicyclic) bond motifs is 1. The zero-order valence-corrected chi connectivity index (χ0v) is 17.9. The molecule has 0 spiro atoms. The number of thiophene rings is 1. The van der Waals surface area contributed by atoms with Gasteiger partial charge in [-0.25, -0.2) is 0 Å². The quantitative estimate of drug-likeness (QED) is 0.588. The number of hydrogen-bond acceptors (Lipinski definition) is 7. The van der Waals surface area contributed by atoms with E-state index in [9.17, 15) is 10.1 Å². The molecule has 150 valence electrons. The van der Waals surface area contributed by atoms with Gasteiger partial charge >= 0.3 is 0 Å². The van der Waals surface area contributed by atoms with Crippen LogP contribution in [-0.4, -0.2) is 26.4 Å². The summed E-state index contributed by atoms with van der Waals surface area (Å²) in [6.07, 6.45) is 4.58. The van der Waals surface area contributed by atoms with Gasteiger partial charge in [-0.05, 0) is 49.8 Å². The van der Waals surface area contributed by atoms with E-state index in [1.54, 1.807) is 23.7 Å². The van der Waals surface area contributed by atoms with Gasteiger partial charge in [-0.1, -0.05) is 18.7 Å². The van der Waals surface area contributed by atoms with Crippen molar-refractivity contribution >= 4 is 34.0 Å². The molecule has 0 aromatic carbocycles. The van der Waals surface area contributed by atoms with Crippen LogP contribution in [0.25, 0.3) is 11.6 Å². The Morgan fingerprint density at radius 3 is 3.10 bits per heavy atom. The number of thioether (sulfide) groups is 1. The number of anilines is 1. The number of nitrogens with zero attached hydrogens (tertiary/aromatic N) is 4. The van der Waals surface area contributed by atoms with E-state index < -0.39 is 0 Å². The number of nitriles is 1. The summed E-state index contributed by atoms with van der Waals surface area (Å²) in [6, 6.07) is 5.92. The van der Waals surface area contributed by atoms with Gasteiger partial charge in [0.2, 0.25) is 5.91 Å². The van der Waals surface area contributed by atoms with Crippen LogP contribution in [0, 0.1) is 17.2 Å². The predicted molar refractivity (Wildman–Crippen MR) is 113 cm³/mol. The van der Waals surface area contributed by atoms with E-state index in [-0.39, 0.29) is 11.7 Å². The molecule has 1 amide bonds. The van der Waals surface area contributed by atoms with E-state index in [1.807, 2.05) is 17.6 Å². The molecule has 3 aromatic heterocycles. The summed E-state index contributed by atoms with van der Waals surface area (Å²) >= 11 is 2.86. The average molecular weight is 428 g/mol. The molecule has 0 saturated heterocycles. The zero-order valence-electron chi connectivity index (χ0n) is 16.3. The number of nitrogens with one attached hydrogen (secondary N) is 1. The van der Waals surface area contributed by atoms with Crippen molar-refractivity contribution < 1.29 is 9.21 Å². The Morgan fingerprint density at radius 1 is 1.52 bits per heavy atom. The fourth-order valence-corrected chi connectivity index (χ4v) is 5.70. The molecule has 3 heterocycles. The summed E-state index contributed by atoms with van der Waals surface area (Å²) in [7, 11) is 0. The van der Waals surface area contributed by atoms with Crippen molar-refractivity contribution in [2.45, 2.75) is 44.8 Å². The van der Waals surface area contributed by atoms with E-state index >= 15 is 0 Å². The lowest BCUT2D eigenvalue weighted by molar-refractivity contribution is -0.113. The van der Waals surface area contributed by atoms with Gasteiger partial charge in [0, 0.05) is 11.4 Å². The second-order valence-electron chi connectivity index (χ2n) is 7.03. The summed E-state index contributed by atoms with van der Waals surface area (Å²) in [5.74, 6) is 1.96. The third-order valence-corrected chi connectivity index (χ3v) is 7.12. The lowest BCUT2D eigenvalue weighted by atomic mass is 9.89. The van der Waals surface area contributed by atoms with Crippen molar-refractivity contribution in [1.29, 1.82) is 5.26 Å². The van der Waals surface area contributed by atoms with Crippen LogP contribution in [0.1, 0.15) is 36.3 Å². The van der Waals surface area contributed by atoms with Gasteiger partial charge in [0.1, 0.15) is 11.1 Å². The first-order valence-corrected chi connectivity index (χ1v) is 11.3. The van der Waals surface area contributed by atoms with Gasteiger partial charge in [0.15, 0.2) is 16.7 Å². The molecule has 1 atom stereocenters. The van der Waals surface area contributed by atoms with Gasteiger partial charge < -0.3 is 9.73 Å². The standard InChI is InChI=1S/C20H21N5O2S2/c1-3-25-18(15-5-4-8-27-15)23-24-20(25)28-11-17(26)22-19-14(10-21)13-7-6-12(2)9-16(13)29-19/h4-5,8,12H,3,6-7,9,11H2,1-2H3,(H,22,26). The second-order valence-corrected chi connectivity index (χ2v) is 9.08. The number of amides is 1. The number of carbonyl (C=O) groups excluding carboxylic acids is 1. The first-order valence-electron chi connectivity index (χ1n) is 9.55. The van der Waals surface area contributed by atoms with Crippen LogP contribution in [0.2, 0.25) is 0 Å². The molecule has 0 aliphatic heterocycles. The Morgan fingerprint density at radius 2 is 2.38 bits per heavy atom. The van der Waals surface area contributed by atoms with Gasteiger partial charge in [0.25, 0.3) is 0 Å². The van der Waals surface area contributed by atoms with Gasteiger partial charge in [-0.15, -0.1) is 21.5 Å². The highest BCUT2D eigenvalue weighted by Gasteiger charge is 2.25. The van der Waals surface area contributed by atoms with Crippen molar-refractivity contribution in [3.8, 4) is 17.7 Å². The largest absolute Gasteiger partial charge is 0.461 e. The molecular formula is C20H21N5O2S2. The summed E-state index contributed by atoms with van der Waals surface area (Å²) in [5, 5.41) is 22.2. The molecule has 0 radical (unpaired) electrons. The maximum atomic E-state index is 12.6. The maximum Gasteiger partial charge on any atom is 0.235 e. The molecule has 9 heteroatoms. The molecule has 1 aliphatic carbocycles. The minimum absolute atomic E-state index is 0.150. The zero-order chi connectivity index (χ0) is 20.4. The van der Waals surface area contributed by atoms with Gasteiger partial charge in [0.05, 0.1) is 17.6 Å². The molecule has 7 nitrogen and oxygen atoms in total. The van der Waals surface area contributed by atoms with E-state index in [2.05, 4.69) is 28.5 Å². The van der Waals surface area contributed by atoms with E-state index in [1.165, 1.54) is 16.6 Å². The fourth-order valence-electron chi connectivity index (χ4n) is 3.52. The van der Waals surface area contributed by atoms with Crippen LogP contribution in [-0.2, 0) is 24.2 Å². The molecule has 29 heavy (non-hydrogen) atoms. The van der Waals surface area contributed by atoms with Crippen molar-refractivity contribution in [2.24, 2.45) is 5.92 Å². The number of furan rings is 1. The maximum absolute atomic E-state index is 12.6. The summed E-state index contributed by atoms with van der Waals surface area (Å²) in [6.45, 7) is 4.89. The lowest BCUT2D eigenvalue weighted by Gasteiger charge is -2.17. The molecule has 3 aromatic rings. The van der Waals surface area contributed by atoms with Gasteiger partial charge in [-0.3, -0.25) is 9.36 Å². The van der Waals surface area contributed by atoms with Crippen molar-refractivity contribution in [3.05, 3.63) is 34.4 Å². The topological polar surface area (TPSA) is 96.7 Å². The first-order chi connectivity index (χ1) is 14.1. The minimum Gasteiger partial charge on any atom is -0.461 e. The third-order valence-electron chi connectivity index (χ3n) is 4.98. The van der Waals surface area contributed by atoms with E-state index in [0.717, 1.165) is 24.8 Å². The van der Waals surface area contributed by atoms with Crippen LogP contribution in [0.4, 0.5) is 5.00 Å². The van der Waals surface area contributed by atoms with Crippen molar-refractivity contribution in [1.82, 2.24) is 14.8 Å². The summed E-state index contributed by atoms with van der Waals surface area (Å²) in [5.41, 5.74) is 1.75. The summed E-state index contributed by atoms with van der Waals surface area (Å²) < 4.78 is 7.33. The van der Waals surface area contributed by atoms with Gasteiger partial charge in [-0.2, -0.15) is 5.26 Å². The highest BCUT2D eigenvalue weighted by Crippen LogP contribution is 2.39. The first kappa shape index (κ1) is 19.7. The fraction of sp³-hybridized carbons (Fsp3) is 0.400. The average Bonchev–Trinajstić information content (AvgIpc) is 3.43.